The van der Waals surface area contributed by atoms with Crippen molar-refractivity contribution in [3.63, 3.8) is 0 Å². The Kier molecular flexibility index (Phi) is 14.4. The first kappa shape index (κ1) is 40.0. The van der Waals surface area contributed by atoms with E-state index in [-0.39, 0.29) is 23.5 Å². The zero-order valence-corrected chi connectivity index (χ0v) is 27.6. The number of halogens is 3. The molecule has 0 spiro atoms. The number of benzene rings is 2. The van der Waals surface area contributed by atoms with Crippen LogP contribution in [0.3, 0.4) is 0 Å². The second-order valence-corrected chi connectivity index (χ2v) is 13.4. The number of carbonyl (C=O) groups excluding carboxylic acids is 1. The molecule has 0 saturated heterocycles. The van der Waals surface area contributed by atoms with E-state index in [1.807, 2.05) is 37.3 Å². The van der Waals surface area contributed by atoms with Crippen LogP contribution >= 0.6 is 0 Å². The molecule has 0 aromatic heterocycles. The molecule has 1 amide bonds. The van der Waals surface area contributed by atoms with E-state index in [1.165, 1.54) is 7.11 Å². The van der Waals surface area contributed by atoms with E-state index in [2.05, 4.69) is 17.6 Å². The monoisotopic (exact) mass is 702 g/mol. The van der Waals surface area contributed by atoms with Gasteiger partial charge in [-0.25, -0.2) is 13.2 Å². The van der Waals surface area contributed by atoms with Crippen molar-refractivity contribution in [2.45, 2.75) is 93.9 Å². The van der Waals surface area contributed by atoms with Crippen molar-refractivity contribution in [1.29, 1.82) is 0 Å². The number of alkyl halides is 3. The zero-order chi connectivity index (χ0) is 36.3. The molecular formula is C32H41F3N2O10S. The van der Waals surface area contributed by atoms with Crippen LogP contribution in [0.1, 0.15) is 81.5 Å². The number of aliphatic carboxylic acids is 3. The molecule has 5 N–H and O–H groups in total. The van der Waals surface area contributed by atoms with Gasteiger partial charge in [-0.2, -0.15) is 13.2 Å². The molecule has 266 valence electrons. The van der Waals surface area contributed by atoms with Crippen molar-refractivity contribution in [2.24, 2.45) is 0 Å². The zero-order valence-electron chi connectivity index (χ0n) is 26.8. The minimum Gasteiger partial charge on any atom is -0.496 e. The second-order valence-electron chi connectivity index (χ2n) is 11.4. The van der Waals surface area contributed by atoms with E-state index in [4.69, 9.17) is 24.9 Å². The van der Waals surface area contributed by atoms with Crippen molar-refractivity contribution in [1.82, 2.24) is 10.6 Å². The Balaban J connectivity index is 0.00000103. The number of amides is 1. The maximum absolute atomic E-state index is 14.0. The summed E-state index contributed by atoms with van der Waals surface area (Å²) in [6.07, 6.45) is -2.98. The Morgan fingerprint density at radius 2 is 1.62 bits per heavy atom. The van der Waals surface area contributed by atoms with E-state index in [9.17, 15) is 36.0 Å². The number of unbranched alkanes of at least 4 members (excludes halogenated alkanes) is 1. The molecule has 2 atom stereocenters. The molecule has 3 rings (SSSR count). The van der Waals surface area contributed by atoms with Crippen LogP contribution in [0, 0.1) is 0 Å². The van der Waals surface area contributed by atoms with Gasteiger partial charge in [0.15, 0.2) is 9.84 Å². The van der Waals surface area contributed by atoms with Crippen molar-refractivity contribution < 1.29 is 60.8 Å². The number of fused-ring (bicyclic) bond motifs is 1. The lowest BCUT2D eigenvalue weighted by molar-refractivity contribution is -0.192. The molecule has 1 aliphatic heterocycles. The van der Waals surface area contributed by atoms with Crippen molar-refractivity contribution in [2.75, 3.05) is 12.9 Å². The highest BCUT2D eigenvalue weighted by atomic mass is 32.2. The number of nitrogens with one attached hydrogen (secondary N) is 2. The summed E-state index contributed by atoms with van der Waals surface area (Å²) in [6, 6.07) is 11.5. The van der Waals surface area contributed by atoms with Crippen LogP contribution in [-0.2, 0) is 35.4 Å². The standard InChI is InChI=1S/C30H40N2O8S.C2HF3O2/c1-4-6-14-30(5-2)19-41(38,39)25-15-21(12-13-26(33)31-22(16-27(34)35)17-28(36)37)24(40-3)18-23(25)29(32-30)20-10-8-7-9-11-20;3-2(4,5)1(6)7/h7-11,15,18,22,29,32H,4-6,12-14,16-17,19H2,1-3H3,(H,31,33)(H,34,35)(H,36,37);(H,6,7)/t29-,30-;/m1./s1. The Bertz CT molecular complexity index is 1540. The SMILES string of the molecule is CCCC[C@]1(CC)CS(=O)(=O)c2cc(CCC(=O)NC(CC(=O)O)CC(=O)O)c(OC)cc2[C@@H](c2ccccc2)N1.O=C(O)C(F)(F)F. The number of methoxy groups -OCH3 is 1. The van der Waals surface area contributed by atoms with E-state index in [0.29, 0.717) is 29.7 Å². The third-order valence-electron chi connectivity index (χ3n) is 7.87. The Morgan fingerprint density at radius 1 is 1.04 bits per heavy atom. The third-order valence-corrected chi connectivity index (χ3v) is 9.82. The minimum absolute atomic E-state index is 0.0643. The van der Waals surface area contributed by atoms with Crippen LogP contribution in [0.5, 0.6) is 5.75 Å². The van der Waals surface area contributed by atoms with Crippen molar-refractivity contribution >= 4 is 33.7 Å². The van der Waals surface area contributed by atoms with E-state index >= 15 is 0 Å². The van der Waals surface area contributed by atoms with Gasteiger partial charge in [-0.15, -0.1) is 0 Å². The predicted molar refractivity (Wildman–Crippen MR) is 167 cm³/mol. The summed E-state index contributed by atoms with van der Waals surface area (Å²) in [4.78, 5) is 43.9. The fourth-order valence-electron chi connectivity index (χ4n) is 5.46. The molecule has 48 heavy (non-hydrogen) atoms. The molecule has 0 aliphatic carbocycles. The molecule has 2 aromatic rings. The fourth-order valence-corrected chi connectivity index (χ4v) is 7.63. The minimum atomic E-state index is -5.08. The third kappa shape index (κ3) is 11.5. The van der Waals surface area contributed by atoms with E-state index in [0.717, 1.165) is 18.4 Å². The largest absolute Gasteiger partial charge is 0.496 e. The lowest BCUT2D eigenvalue weighted by atomic mass is 9.87. The number of rotatable bonds is 14. The number of aryl methyl sites for hydroxylation is 1. The van der Waals surface area contributed by atoms with Crippen molar-refractivity contribution in [3.05, 3.63) is 59.2 Å². The lowest BCUT2D eigenvalue weighted by Gasteiger charge is -2.36. The first-order chi connectivity index (χ1) is 22.4. The first-order valence-corrected chi connectivity index (χ1v) is 16.8. The van der Waals surface area contributed by atoms with Gasteiger partial charge in [0.25, 0.3) is 0 Å². The van der Waals surface area contributed by atoms with Gasteiger partial charge in [0.05, 0.1) is 36.6 Å². The van der Waals surface area contributed by atoms with Gasteiger partial charge in [-0.1, -0.05) is 57.0 Å². The molecule has 0 radical (unpaired) electrons. The molecular weight excluding hydrogens is 661 g/mol. The smallest absolute Gasteiger partial charge is 0.490 e. The van der Waals surface area contributed by atoms with Crippen LogP contribution in [0.25, 0.3) is 0 Å². The molecule has 12 nitrogen and oxygen atoms in total. The quantitative estimate of drug-likeness (QED) is 0.186. The lowest BCUT2D eigenvalue weighted by Crippen LogP contribution is -2.50. The second kappa shape index (κ2) is 17.3. The topological polar surface area (TPSA) is 196 Å². The highest BCUT2D eigenvalue weighted by Crippen LogP contribution is 2.41. The molecule has 16 heteroatoms. The molecule has 0 fully saturated rings. The van der Waals surface area contributed by atoms with Crippen LogP contribution in [0.15, 0.2) is 47.4 Å². The maximum Gasteiger partial charge on any atom is 0.490 e. The number of hydrogen-bond acceptors (Lipinski definition) is 8. The Morgan fingerprint density at radius 3 is 2.10 bits per heavy atom. The van der Waals surface area contributed by atoms with E-state index < -0.39 is 70.3 Å². The van der Waals surface area contributed by atoms with Gasteiger partial charge in [0, 0.05) is 18.0 Å². The summed E-state index contributed by atoms with van der Waals surface area (Å²) in [5.41, 5.74) is 1.39. The predicted octanol–water partition coefficient (Wildman–Crippen LogP) is 4.50. The van der Waals surface area contributed by atoms with Crippen LogP contribution in [0.4, 0.5) is 13.2 Å². The summed E-state index contributed by atoms with van der Waals surface area (Å²) in [5.74, 6) is -5.38. The van der Waals surface area contributed by atoms with Gasteiger partial charge in [0.1, 0.15) is 5.75 Å². The van der Waals surface area contributed by atoms with Crippen LogP contribution in [-0.4, -0.2) is 78.2 Å². The number of carbonyl (C=O) groups is 4. The molecule has 0 saturated carbocycles. The maximum atomic E-state index is 14.0. The Labute approximate surface area is 276 Å². The van der Waals surface area contributed by atoms with Crippen LogP contribution < -0.4 is 15.4 Å². The molecule has 2 aromatic carbocycles. The normalized spacial score (nSPS) is 18.4. The first-order valence-electron chi connectivity index (χ1n) is 15.2. The molecule has 1 heterocycles. The average molecular weight is 703 g/mol. The highest BCUT2D eigenvalue weighted by Gasteiger charge is 2.42. The van der Waals surface area contributed by atoms with Gasteiger partial charge < -0.3 is 25.4 Å². The summed E-state index contributed by atoms with van der Waals surface area (Å²) >= 11 is 0. The number of ether oxygens (including phenoxy) is 1. The van der Waals surface area contributed by atoms with Gasteiger partial charge in [-0.05, 0) is 48.1 Å². The summed E-state index contributed by atoms with van der Waals surface area (Å²) in [5, 5.41) is 31.4. The average Bonchev–Trinajstić information content (AvgIpc) is 3.09. The van der Waals surface area contributed by atoms with Gasteiger partial charge in [0.2, 0.25) is 5.91 Å². The summed E-state index contributed by atoms with van der Waals surface area (Å²) < 4.78 is 65.3. The highest BCUT2D eigenvalue weighted by molar-refractivity contribution is 7.91. The number of carboxylic acid groups (broad SMARTS) is 3. The van der Waals surface area contributed by atoms with Crippen LogP contribution in [0.2, 0.25) is 0 Å². The van der Waals surface area contributed by atoms with Gasteiger partial charge >= 0.3 is 24.1 Å². The fraction of sp³-hybridized carbons (Fsp3) is 0.500. The molecule has 0 bridgehead atoms. The number of hydrogen-bond donors (Lipinski definition) is 5. The van der Waals surface area contributed by atoms with Gasteiger partial charge in [-0.3, -0.25) is 19.7 Å². The van der Waals surface area contributed by atoms with Crippen molar-refractivity contribution in [3.8, 4) is 5.75 Å². The summed E-state index contributed by atoms with van der Waals surface area (Å²) in [7, 11) is -2.27. The Hall–Kier alpha value is -4.18. The molecule has 1 aliphatic rings. The number of sulfone groups is 1. The van der Waals surface area contributed by atoms with E-state index in [1.54, 1.807) is 12.1 Å². The molecule has 0 unspecified atom stereocenters. The summed E-state index contributed by atoms with van der Waals surface area (Å²) in [6.45, 7) is 4.08. The number of carboxylic acids is 3.